The molecule has 2 aromatic rings. The minimum atomic E-state index is -0.827. The molecule has 25 heavy (non-hydrogen) atoms. The van der Waals surface area contributed by atoms with Gasteiger partial charge in [-0.25, -0.2) is 13.6 Å². The summed E-state index contributed by atoms with van der Waals surface area (Å²) in [6.07, 6.45) is 0.524. The van der Waals surface area contributed by atoms with Gasteiger partial charge in [0.25, 0.3) is 0 Å². The van der Waals surface area contributed by atoms with Crippen molar-refractivity contribution in [2.75, 3.05) is 25.6 Å². The molecular formula is C18H20F2N2O3. The van der Waals surface area contributed by atoms with E-state index >= 15 is 0 Å². The summed E-state index contributed by atoms with van der Waals surface area (Å²) in [5.41, 5.74) is 0.459. The third-order valence-corrected chi connectivity index (χ3v) is 3.43. The normalized spacial score (nSPS) is 10.2. The van der Waals surface area contributed by atoms with Crippen LogP contribution in [-0.2, 0) is 6.42 Å². The summed E-state index contributed by atoms with van der Waals surface area (Å²) >= 11 is 0. The van der Waals surface area contributed by atoms with Crippen molar-refractivity contribution < 1.29 is 23.0 Å². The van der Waals surface area contributed by atoms with E-state index in [0.29, 0.717) is 31.1 Å². The highest BCUT2D eigenvalue weighted by Crippen LogP contribution is 2.28. The molecule has 2 amide bonds. The molecule has 0 spiro atoms. The summed E-state index contributed by atoms with van der Waals surface area (Å²) < 4.78 is 37.6. The van der Waals surface area contributed by atoms with Gasteiger partial charge in [-0.3, -0.25) is 0 Å². The molecule has 2 N–H and O–H groups in total. The molecule has 0 aromatic heterocycles. The monoisotopic (exact) mass is 350 g/mol. The molecule has 0 heterocycles. The maximum Gasteiger partial charge on any atom is 0.319 e. The van der Waals surface area contributed by atoms with Gasteiger partial charge >= 0.3 is 6.03 Å². The number of hydrogen-bond acceptors (Lipinski definition) is 3. The quantitative estimate of drug-likeness (QED) is 0.800. The van der Waals surface area contributed by atoms with E-state index in [1.54, 1.807) is 13.2 Å². The Morgan fingerprint density at radius 1 is 1.12 bits per heavy atom. The first kappa shape index (κ1) is 18.5. The number of amides is 2. The molecule has 0 saturated carbocycles. The van der Waals surface area contributed by atoms with Crippen LogP contribution >= 0.6 is 0 Å². The second-order valence-electron chi connectivity index (χ2n) is 5.15. The highest BCUT2D eigenvalue weighted by molar-refractivity contribution is 5.89. The van der Waals surface area contributed by atoms with E-state index in [1.165, 1.54) is 6.07 Å². The molecule has 2 rings (SSSR count). The molecule has 0 saturated heterocycles. The first-order valence-corrected chi connectivity index (χ1v) is 7.83. The van der Waals surface area contributed by atoms with E-state index in [-0.39, 0.29) is 0 Å². The zero-order valence-corrected chi connectivity index (χ0v) is 14.1. The molecule has 0 atom stereocenters. The van der Waals surface area contributed by atoms with E-state index in [2.05, 4.69) is 10.6 Å². The van der Waals surface area contributed by atoms with Gasteiger partial charge in [0.1, 0.15) is 17.3 Å². The molecule has 5 nitrogen and oxygen atoms in total. The summed E-state index contributed by atoms with van der Waals surface area (Å²) in [6, 6.07) is 8.18. The maximum absolute atomic E-state index is 13.5. The molecule has 0 aliphatic rings. The lowest BCUT2D eigenvalue weighted by Crippen LogP contribution is -2.31. The lowest BCUT2D eigenvalue weighted by Gasteiger charge is -2.12. The molecule has 134 valence electrons. The SMILES string of the molecule is CCOc1ccc(CCNC(=O)Nc2c(F)cccc2F)cc1OC. The van der Waals surface area contributed by atoms with Crippen molar-refractivity contribution in [1.82, 2.24) is 5.32 Å². The summed E-state index contributed by atoms with van der Waals surface area (Å²) in [4.78, 5) is 11.8. The van der Waals surface area contributed by atoms with Gasteiger partial charge in [-0.1, -0.05) is 12.1 Å². The van der Waals surface area contributed by atoms with Gasteiger partial charge in [-0.2, -0.15) is 0 Å². The second-order valence-corrected chi connectivity index (χ2v) is 5.15. The molecule has 2 aromatic carbocycles. The number of carbonyl (C=O) groups is 1. The molecule has 7 heteroatoms. The summed E-state index contributed by atoms with van der Waals surface area (Å²) in [6.45, 7) is 2.71. The number of methoxy groups -OCH3 is 1. The molecule has 0 aliphatic heterocycles. The van der Waals surface area contributed by atoms with E-state index in [0.717, 1.165) is 17.7 Å². The molecule has 0 radical (unpaired) electrons. The number of ether oxygens (including phenoxy) is 2. The lowest BCUT2D eigenvalue weighted by molar-refractivity contribution is 0.252. The van der Waals surface area contributed by atoms with Gasteiger partial charge in [0.2, 0.25) is 0 Å². The first-order valence-electron chi connectivity index (χ1n) is 7.83. The highest BCUT2D eigenvalue weighted by atomic mass is 19.1. The van der Waals surface area contributed by atoms with Crippen LogP contribution < -0.4 is 20.1 Å². The number of anilines is 1. The van der Waals surface area contributed by atoms with Crippen molar-refractivity contribution in [3.05, 3.63) is 53.6 Å². The average Bonchev–Trinajstić information content (AvgIpc) is 2.59. The predicted molar refractivity (Wildman–Crippen MR) is 91.2 cm³/mol. The molecule has 0 bridgehead atoms. The van der Waals surface area contributed by atoms with E-state index in [1.807, 2.05) is 19.1 Å². The standard InChI is InChI=1S/C18H20F2N2O3/c1-3-25-15-8-7-12(11-16(15)24-2)9-10-21-18(23)22-17-13(19)5-4-6-14(17)20/h4-8,11H,3,9-10H2,1-2H3,(H2,21,22,23). The van der Waals surface area contributed by atoms with Crippen LogP contribution in [0, 0.1) is 11.6 Å². The molecular weight excluding hydrogens is 330 g/mol. The van der Waals surface area contributed by atoms with Crippen molar-refractivity contribution in [2.45, 2.75) is 13.3 Å². The maximum atomic E-state index is 13.5. The van der Waals surface area contributed by atoms with Crippen LogP contribution in [0.4, 0.5) is 19.3 Å². The van der Waals surface area contributed by atoms with Gasteiger partial charge in [-0.05, 0) is 43.2 Å². The number of carbonyl (C=O) groups excluding carboxylic acids is 1. The van der Waals surface area contributed by atoms with Crippen molar-refractivity contribution in [2.24, 2.45) is 0 Å². The van der Waals surface area contributed by atoms with E-state index in [9.17, 15) is 13.6 Å². The Kier molecular flexibility index (Phi) is 6.56. The van der Waals surface area contributed by atoms with Crippen LogP contribution in [0.15, 0.2) is 36.4 Å². The minimum absolute atomic E-state index is 0.291. The van der Waals surface area contributed by atoms with Crippen LogP contribution in [0.3, 0.4) is 0 Å². The smallest absolute Gasteiger partial charge is 0.319 e. The Hall–Kier alpha value is -2.83. The van der Waals surface area contributed by atoms with Crippen LogP contribution in [0.25, 0.3) is 0 Å². The van der Waals surface area contributed by atoms with Crippen molar-refractivity contribution in [3.63, 3.8) is 0 Å². The molecule has 0 aliphatic carbocycles. The Morgan fingerprint density at radius 3 is 2.48 bits per heavy atom. The average molecular weight is 350 g/mol. The zero-order chi connectivity index (χ0) is 18.2. The third-order valence-electron chi connectivity index (χ3n) is 3.43. The molecule has 0 fully saturated rings. The topological polar surface area (TPSA) is 59.6 Å². The van der Waals surface area contributed by atoms with Crippen LogP contribution in [0.5, 0.6) is 11.5 Å². The number of halogens is 2. The van der Waals surface area contributed by atoms with Gasteiger partial charge in [0.15, 0.2) is 11.5 Å². The fourth-order valence-corrected chi connectivity index (χ4v) is 2.24. The van der Waals surface area contributed by atoms with Gasteiger partial charge in [-0.15, -0.1) is 0 Å². The number of rotatable bonds is 7. The van der Waals surface area contributed by atoms with Crippen molar-refractivity contribution in [3.8, 4) is 11.5 Å². The molecule has 0 unspecified atom stereocenters. The number of para-hydroxylation sites is 1. The number of nitrogens with one attached hydrogen (secondary N) is 2. The van der Waals surface area contributed by atoms with Gasteiger partial charge in [0, 0.05) is 6.54 Å². The van der Waals surface area contributed by atoms with Crippen LogP contribution in [0.1, 0.15) is 12.5 Å². The van der Waals surface area contributed by atoms with Gasteiger partial charge in [0.05, 0.1) is 13.7 Å². The Morgan fingerprint density at radius 2 is 1.84 bits per heavy atom. The fourth-order valence-electron chi connectivity index (χ4n) is 2.24. The minimum Gasteiger partial charge on any atom is -0.493 e. The van der Waals surface area contributed by atoms with E-state index in [4.69, 9.17) is 9.47 Å². The number of hydrogen-bond donors (Lipinski definition) is 2. The number of benzene rings is 2. The van der Waals surface area contributed by atoms with Crippen LogP contribution in [-0.4, -0.2) is 26.3 Å². The second kappa shape index (κ2) is 8.86. The van der Waals surface area contributed by atoms with Crippen molar-refractivity contribution >= 4 is 11.7 Å². The Balaban J connectivity index is 1.89. The lowest BCUT2D eigenvalue weighted by atomic mass is 10.1. The van der Waals surface area contributed by atoms with Crippen LogP contribution in [0.2, 0.25) is 0 Å². The van der Waals surface area contributed by atoms with Crippen molar-refractivity contribution in [1.29, 1.82) is 0 Å². The highest BCUT2D eigenvalue weighted by Gasteiger charge is 2.11. The Bertz CT molecular complexity index is 718. The largest absolute Gasteiger partial charge is 0.493 e. The summed E-state index contributed by atoms with van der Waals surface area (Å²) in [7, 11) is 1.55. The number of urea groups is 1. The Labute approximate surface area is 144 Å². The first-order chi connectivity index (χ1) is 12.0. The van der Waals surface area contributed by atoms with Gasteiger partial charge < -0.3 is 20.1 Å². The summed E-state index contributed by atoms with van der Waals surface area (Å²) in [5.74, 6) is -0.399. The summed E-state index contributed by atoms with van der Waals surface area (Å²) in [5, 5.41) is 4.72. The third kappa shape index (κ3) is 5.07. The predicted octanol–water partition coefficient (Wildman–Crippen LogP) is 3.74. The fraction of sp³-hybridized carbons (Fsp3) is 0.278. The zero-order valence-electron chi connectivity index (χ0n) is 14.1. The van der Waals surface area contributed by atoms with E-state index < -0.39 is 23.4 Å².